The quantitative estimate of drug-likeness (QED) is 0.825. The molecule has 0 spiro atoms. The lowest BCUT2D eigenvalue weighted by molar-refractivity contribution is -0.147. The van der Waals surface area contributed by atoms with Crippen molar-refractivity contribution in [2.45, 2.75) is 25.3 Å². The van der Waals surface area contributed by atoms with E-state index in [1.807, 2.05) is 12.1 Å². The molecule has 0 saturated carbocycles. The van der Waals surface area contributed by atoms with E-state index >= 15 is 0 Å². The highest BCUT2D eigenvalue weighted by molar-refractivity contribution is 14.1. The Kier molecular flexibility index (Phi) is 3.61. The zero-order valence-electron chi connectivity index (χ0n) is 10.0. The Hall–Kier alpha value is -1.11. The highest BCUT2D eigenvalue weighted by Gasteiger charge is 2.46. The third kappa shape index (κ3) is 2.11. The fraction of sp³-hybridized carbons (Fsp3) is 0.385. The molecule has 96 valence electrons. The zero-order chi connectivity index (χ0) is 13.3. The smallest absolute Gasteiger partial charge is 0.329 e. The van der Waals surface area contributed by atoms with E-state index in [9.17, 15) is 14.7 Å². The Morgan fingerprint density at radius 2 is 2.06 bits per heavy atom. The van der Waals surface area contributed by atoms with Gasteiger partial charge in [-0.3, -0.25) is 4.79 Å². The van der Waals surface area contributed by atoms with Crippen LogP contribution in [0, 0.1) is 3.57 Å². The number of hydrogen-bond acceptors (Lipinski definition) is 2. The molecule has 0 aliphatic carbocycles. The number of likely N-dealkylation sites (tertiary alicyclic amines) is 1. The van der Waals surface area contributed by atoms with Gasteiger partial charge < -0.3 is 10.0 Å². The topological polar surface area (TPSA) is 57.6 Å². The summed E-state index contributed by atoms with van der Waals surface area (Å²) in [5, 5.41) is 9.31. The summed E-state index contributed by atoms with van der Waals surface area (Å²) in [6.07, 6.45) is 1.25. The first-order valence-electron chi connectivity index (χ1n) is 5.77. The van der Waals surface area contributed by atoms with Crippen molar-refractivity contribution in [3.05, 3.63) is 33.4 Å². The molecule has 1 amide bonds. The Morgan fingerprint density at radius 3 is 2.67 bits per heavy atom. The highest BCUT2D eigenvalue weighted by atomic mass is 127. The number of halogens is 1. The summed E-state index contributed by atoms with van der Waals surface area (Å²) in [4.78, 5) is 25.3. The van der Waals surface area contributed by atoms with E-state index in [0.717, 1.165) is 9.99 Å². The SMILES string of the molecule is CC1(C(=O)O)CCCN1C(=O)c1ccccc1I. The maximum Gasteiger partial charge on any atom is 0.329 e. The number of amides is 1. The van der Waals surface area contributed by atoms with Crippen LogP contribution in [-0.4, -0.2) is 34.0 Å². The van der Waals surface area contributed by atoms with Crippen molar-refractivity contribution < 1.29 is 14.7 Å². The minimum Gasteiger partial charge on any atom is -0.480 e. The molecule has 1 saturated heterocycles. The first kappa shape index (κ1) is 13.3. The van der Waals surface area contributed by atoms with Gasteiger partial charge in [-0.15, -0.1) is 0 Å². The molecule has 1 atom stereocenters. The van der Waals surface area contributed by atoms with Gasteiger partial charge in [0.2, 0.25) is 0 Å². The van der Waals surface area contributed by atoms with Gasteiger partial charge in [0, 0.05) is 10.1 Å². The second-order valence-electron chi connectivity index (χ2n) is 4.62. The zero-order valence-corrected chi connectivity index (χ0v) is 12.2. The van der Waals surface area contributed by atoms with Crippen LogP contribution >= 0.6 is 22.6 Å². The van der Waals surface area contributed by atoms with Gasteiger partial charge in [0.15, 0.2) is 0 Å². The summed E-state index contributed by atoms with van der Waals surface area (Å²) in [5.74, 6) is -1.12. The Bertz CT molecular complexity index is 503. The lowest BCUT2D eigenvalue weighted by Crippen LogP contribution is -2.50. The van der Waals surface area contributed by atoms with Crippen LogP contribution in [0.2, 0.25) is 0 Å². The molecular formula is C13H14INO3. The predicted molar refractivity (Wildman–Crippen MR) is 75.5 cm³/mol. The van der Waals surface area contributed by atoms with E-state index in [0.29, 0.717) is 18.5 Å². The molecule has 4 nitrogen and oxygen atoms in total. The number of carboxylic acid groups (broad SMARTS) is 1. The van der Waals surface area contributed by atoms with Gasteiger partial charge >= 0.3 is 5.97 Å². The minimum atomic E-state index is -1.07. The lowest BCUT2D eigenvalue weighted by Gasteiger charge is -2.31. The van der Waals surface area contributed by atoms with Gasteiger partial charge in [0.25, 0.3) is 5.91 Å². The maximum atomic E-state index is 12.4. The van der Waals surface area contributed by atoms with Gasteiger partial charge in [-0.25, -0.2) is 4.79 Å². The third-order valence-corrected chi connectivity index (χ3v) is 4.39. The summed E-state index contributed by atoms with van der Waals surface area (Å²) >= 11 is 2.10. The summed E-state index contributed by atoms with van der Waals surface area (Å²) < 4.78 is 0.847. The van der Waals surface area contributed by atoms with Crippen LogP contribution < -0.4 is 0 Å². The number of carboxylic acids is 1. The number of carbonyl (C=O) groups excluding carboxylic acids is 1. The molecule has 0 aromatic heterocycles. The fourth-order valence-corrected chi connectivity index (χ4v) is 2.91. The van der Waals surface area contributed by atoms with Gasteiger partial charge in [0.1, 0.15) is 5.54 Å². The number of benzene rings is 1. The largest absolute Gasteiger partial charge is 0.480 e. The van der Waals surface area contributed by atoms with Crippen LogP contribution in [0.15, 0.2) is 24.3 Å². The molecule has 1 N–H and O–H groups in total. The molecule has 1 aliphatic rings. The molecular weight excluding hydrogens is 345 g/mol. The molecule has 0 bridgehead atoms. The van der Waals surface area contributed by atoms with Crippen molar-refractivity contribution >= 4 is 34.5 Å². The van der Waals surface area contributed by atoms with Crippen LogP contribution in [0.25, 0.3) is 0 Å². The normalized spacial score (nSPS) is 23.1. The van der Waals surface area contributed by atoms with Gasteiger partial charge in [-0.05, 0) is 54.5 Å². The summed E-state index contributed by atoms with van der Waals surface area (Å²) in [6.45, 7) is 2.13. The average Bonchev–Trinajstić information content (AvgIpc) is 2.72. The Morgan fingerprint density at radius 1 is 1.39 bits per heavy atom. The first-order chi connectivity index (χ1) is 8.47. The standard InChI is InChI=1S/C13H14INO3/c1-13(12(17)18)7-4-8-15(13)11(16)9-5-2-3-6-10(9)14/h2-3,5-6H,4,7-8H2,1H3,(H,17,18). The number of nitrogens with zero attached hydrogens (tertiary/aromatic N) is 1. The molecule has 0 radical (unpaired) electrons. The molecule has 1 aromatic rings. The van der Waals surface area contributed by atoms with E-state index in [1.165, 1.54) is 4.90 Å². The summed E-state index contributed by atoms with van der Waals surface area (Å²) in [6, 6.07) is 7.25. The maximum absolute atomic E-state index is 12.4. The predicted octanol–water partition coefficient (Wildman–Crippen LogP) is 2.37. The molecule has 1 heterocycles. The number of rotatable bonds is 2. The van der Waals surface area contributed by atoms with E-state index in [2.05, 4.69) is 22.6 Å². The van der Waals surface area contributed by atoms with Crippen molar-refractivity contribution in [1.82, 2.24) is 4.90 Å². The van der Waals surface area contributed by atoms with Crippen molar-refractivity contribution in [2.75, 3.05) is 6.54 Å². The number of hydrogen-bond donors (Lipinski definition) is 1. The highest BCUT2D eigenvalue weighted by Crippen LogP contribution is 2.31. The summed E-state index contributed by atoms with van der Waals surface area (Å²) in [7, 11) is 0. The van der Waals surface area contributed by atoms with E-state index in [4.69, 9.17) is 0 Å². The third-order valence-electron chi connectivity index (χ3n) is 3.45. The van der Waals surface area contributed by atoms with Gasteiger partial charge in [-0.1, -0.05) is 12.1 Å². The number of carbonyl (C=O) groups is 2. The molecule has 1 unspecified atom stereocenters. The van der Waals surface area contributed by atoms with Crippen molar-refractivity contribution in [1.29, 1.82) is 0 Å². The summed E-state index contributed by atoms with van der Waals surface area (Å²) in [5.41, 5.74) is -0.497. The number of aliphatic carboxylic acids is 1. The second kappa shape index (κ2) is 4.87. The van der Waals surface area contributed by atoms with Crippen molar-refractivity contribution in [3.63, 3.8) is 0 Å². The first-order valence-corrected chi connectivity index (χ1v) is 6.84. The molecule has 1 fully saturated rings. The monoisotopic (exact) mass is 359 g/mol. The van der Waals surface area contributed by atoms with E-state index < -0.39 is 11.5 Å². The van der Waals surface area contributed by atoms with Crippen LogP contribution in [-0.2, 0) is 4.79 Å². The molecule has 1 aromatic carbocycles. The van der Waals surface area contributed by atoms with Crippen LogP contribution in [0.5, 0.6) is 0 Å². The van der Waals surface area contributed by atoms with Crippen LogP contribution in [0.1, 0.15) is 30.1 Å². The van der Waals surface area contributed by atoms with E-state index in [-0.39, 0.29) is 5.91 Å². The van der Waals surface area contributed by atoms with Crippen LogP contribution in [0.3, 0.4) is 0 Å². The molecule has 1 aliphatic heterocycles. The van der Waals surface area contributed by atoms with Crippen molar-refractivity contribution in [3.8, 4) is 0 Å². The van der Waals surface area contributed by atoms with Crippen molar-refractivity contribution in [2.24, 2.45) is 0 Å². The molecule has 2 rings (SSSR count). The van der Waals surface area contributed by atoms with Crippen LogP contribution in [0.4, 0.5) is 0 Å². The minimum absolute atomic E-state index is 0.192. The van der Waals surface area contributed by atoms with Gasteiger partial charge in [0.05, 0.1) is 5.56 Å². The fourth-order valence-electron chi connectivity index (χ4n) is 2.29. The Labute approximate surface area is 119 Å². The Balaban J connectivity index is 2.35. The molecule has 18 heavy (non-hydrogen) atoms. The molecule has 5 heteroatoms. The van der Waals surface area contributed by atoms with Gasteiger partial charge in [-0.2, -0.15) is 0 Å². The van der Waals surface area contributed by atoms with E-state index in [1.54, 1.807) is 19.1 Å². The lowest BCUT2D eigenvalue weighted by atomic mass is 9.98. The average molecular weight is 359 g/mol. The second-order valence-corrected chi connectivity index (χ2v) is 5.78.